The van der Waals surface area contributed by atoms with E-state index in [1.807, 2.05) is 31.2 Å². The maximum absolute atomic E-state index is 13.1. The number of aryl methyl sites for hydroxylation is 2. The van der Waals surface area contributed by atoms with Crippen LogP contribution in [0.25, 0.3) is 11.2 Å². The van der Waals surface area contributed by atoms with Crippen LogP contribution in [-0.2, 0) is 13.1 Å². The number of nitrogens with one attached hydrogen (secondary N) is 1. The normalized spacial score (nSPS) is 12.1. The van der Waals surface area contributed by atoms with Crippen LogP contribution in [0, 0.1) is 0 Å². The number of carbonyl (C=O) groups is 1. The molecule has 1 atom stereocenters. The van der Waals surface area contributed by atoms with E-state index >= 15 is 0 Å². The second-order valence-corrected chi connectivity index (χ2v) is 8.82. The molecule has 4 aromatic heterocycles. The van der Waals surface area contributed by atoms with E-state index in [2.05, 4.69) is 55.5 Å². The minimum Gasteiger partial charge on any atom is -0.480 e. The average molecular weight is 488 g/mol. The van der Waals surface area contributed by atoms with E-state index in [0.717, 1.165) is 16.9 Å². The molecule has 0 radical (unpaired) electrons. The molecule has 0 aliphatic carbocycles. The monoisotopic (exact) mass is 487 g/mol. The Hall–Kier alpha value is -4.05. The van der Waals surface area contributed by atoms with Gasteiger partial charge < -0.3 is 9.30 Å². The van der Waals surface area contributed by atoms with Gasteiger partial charge in [-0.2, -0.15) is 4.98 Å². The summed E-state index contributed by atoms with van der Waals surface area (Å²) in [6.07, 6.45) is 1.57. The van der Waals surface area contributed by atoms with Crippen molar-refractivity contribution < 1.29 is 9.53 Å². The summed E-state index contributed by atoms with van der Waals surface area (Å²) in [5, 5.41) is 9.04. The lowest BCUT2D eigenvalue weighted by atomic mass is 9.96. The van der Waals surface area contributed by atoms with Crippen LogP contribution >= 0.6 is 11.3 Å². The Labute approximate surface area is 206 Å². The van der Waals surface area contributed by atoms with Crippen LogP contribution in [0.15, 0.2) is 60.2 Å². The van der Waals surface area contributed by atoms with Crippen LogP contribution in [0.1, 0.15) is 46.4 Å². The summed E-state index contributed by atoms with van der Waals surface area (Å²) >= 11 is 1.69. The number of methoxy groups -OCH3 is 1. The molecule has 1 aromatic carbocycles. The van der Waals surface area contributed by atoms with Crippen molar-refractivity contribution in [1.82, 2.24) is 29.3 Å². The standard InChI is InChI=1S/C25H25N7O2S/c1-4-31-15-26-25(30-31)29-23(33)17-14-18-21(28-24(17)34-3)27-22(32(18)5-2)20(19-12-9-13-35-19)16-10-7-6-8-11-16/h6-15,20H,4-5H2,1-3H3,(H,29,30,33). The minimum absolute atomic E-state index is 0.0594. The van der Waals surface area contributed by atoms with E-state index in [4.69, 9.17) is 9.72 Å². The Bertz CT molecular complexity index is 1460. The molecule has 178 valence electrons. The van der Waals surface area contributed by atoms with Crippen LogP contribution in [0.2, 0.25) is 0 Å². The third-order valence-electron chi connectivity index (χ3n) is 5.79. The number of rotatable bonds is 8. The number of benzene rings is 1. The van der Waals surface area contributed by atoms with E-state index in [0.29, 0.717) is 24.3 Å². The summed E-state index contributed by atoms with van der Waals surface area (Å²) in [5.74, 6) is 0.839. The molecule has 4 heterocycles. The maximum Gasteiger partial charge on any atom is 0.263 e. The van der Waals surface area contributed by atoms with Gasteiger partial charge >= 0.3 is 0 Å². The molecule has 1 N–H and O–H groups in total. The maximum atomic E-state index is 13.1. The minimum atomic E-state index is -0.395. The van der Waals surface area contributed by atoms with Gasteiger partial charge in [-0.15, -0.1) is 16.4 Å². The Balaban J connectivity index is 1.62. The highest BCUT2D eigenvalue weighted by atomic mass is 32.1. The van der Waals surface area contributed by atoms with Crippen molar-refractivity contribution in [3.8, 4) is 5.88 Å². The van der Waals surface area contributed by atoms with Crippen molar-refractivity contribution in [2.45, 2.75) is 32.9 Å². The lowest BCUT2D eigenvalue weighted by Crippen LogP contribution is -2.15. The topological polar surface area (TPSA) is 99.8 Å². The quantitative estimate of drug-likeness (QED) is 0.344. The number of carbonyl (C=O) groups excluding carboxylic acids is 1. The molecule has 5 aromatic rings. The van der Waals surface area contributed by atoms with Crippen molar-refractivity contribution in [1.29, 1.82) is 0 Å². The summed E-state index contributed by atoms with van der Waals surface area (Å²) < 4.78 is 9.22. The van der Waals surface area contributed by atoms with Crippen LogP contribution in [0.3, 0.4) is 0 Å². The number of imidazole rings is 1. The molecule has 35 heavy (non-hydrogen) atoms. The first kappa shape index (κ1) is 22.7. The van der Waals surface area contributed by atoms with Crippen LogP contribution in [0.4, 0.5) is 5.95 Å². The predicted molar refractivity (Wildman–Crippen MR) is 135 cm³/mol. The second-order valence-electron chi connectivity index (χ2n) is 7.84. The van der Waals surface area contributed by atoms with E-state index in [-0.39, 0.29) is 17.7 Å². The Morgan fingerprint density at radius 1 is 1.11 bits per heavy atom. The lowest BCUT2D eigenvalue weighted by molar-refractivity contribution is 0.102. The molecule has 1 unspecified atom stereocenters. The molecule has 0 aliphatic rings. The molecule has 0 fully saturated rings. The number of hydrogen-bond acceptors (Lipinski definition) is 7. The molecule has 0 bridgehead atoms. The van der Waals surface area contributed by atoms with Gasteiger partial charge in [0, 0.05) is 18.0 Å². The molecule has 0 saturated carbocycles. The van der Waals surface area contributed by atoms with E-state index in [9.17, 15) is 4.79 Å². The van der Waals surface area contributed by atoms with Crippen molar-refractivity contribution in [2.75, 3.05) is 12.4 Å². The zero-order chi connectivity index (χ0) is 24.4. The first-order chi connectivity index (χ1) is 17.1. The molecule has 0 aliphatic heterocycles. The third kappa shape index (κ3) is 4.28. The molecule has 10 heteroatoms. The molecule has 0 saturated heterocycles. The van der Waals surface area contributed by atoms with Gasteiger partial charge in [-0.1, -0.05) is 36.4 Å². The van der Waals surface area contributed by atoms with Crippen LogP contribution in [-0.4, -0.2) is 42.3 Å². The van der Waals surface area contributed by atoms with E-state index in [1.54, 1.807) is 28.4 Å². The second kappa shape index (κ2) is 9.67. The fourth-order valence-electron chi connectivity index (χ4n) is 4.14. The Morgan fingerprint density at radius 3 is 2.60 bits per heavy atom. The summed E-state index contributed by atoms with van der Waals surface area (Å²) in [5.41, 5.74) is 2.72. The van der Waals surface area contributed by atoms with Gasteiger partial charge in [0.05, 0.1) is 18.5 Å². The van der Waals surface area contributed by atoms with Gasteiger partial charge in [0.1, 0.15) is 17.7 Å². The van der Waals surface area contributed by atoms with Crippen LogP contribution in [0.5, 0.6) is 5.88 Å². The van der Waals surface area contributed by atoms with E-state index in [1.165, 1.54) is 12.0 Å². The first-order valence-corrected chi connectivity index (χ1v) is 12.2. The van der Waals surface area contributed by atoms with Crippen molar-refractivity contribution in [3.63, 3.8) is 0 Å². The number of pyridine rings is 1. The largest absolute Gasteiger partial charge is 0.480 e. The fourth-order valence-corrected chi connectivity index (χ4v) is 4.98. The molecular weight excluding hydrogens is 462 g/mol. The van der Waals surface area contributed by atoms with Gasteiger partial charge in [0.25, 0.3) is 5.91 Å². The molecule has 9 nitrogen and oxygen atoms in total. The van der Waals surface area contributed by atoms with Crippen molar-refractivity contribution in [3.05, 3.63) is 82.1 Å². The highest BCUT2D eigenvalue weighted by molar-refractivity contribution is 7.10. The summed E-state index contributed by atoms with van der Waals surface area (Å²) in [4.78, 5) is 28.0. The lowest BCUT2D eigenvalue weighted by Gasteiger charge is -2.17. The molecule has 0 spiro atoms. The SMILES string of the molecule is CCn1cnc(NC(=O)c2cc3c(nc2OC)nc(C(c2ccccc2)c2cccs2)n3CC)n1. The zero-order valence-corrected chi connectivity index (χ0v) is 20.5. The Kier molecular flexibility index (Phi) is 6.28. The van der Waals surface area contributed by atoms with Crippen LogP contribution < -0.4 is 10.1 Å². The van der Waals surface area contributed by atoms with Gasteiger partial charge in [-0.05, 0) is 36.9 Å². The highest BCUT2D eigenvalue weighted by Gasteiger charge is 2.27. The first-order valence-electron chi connectivity index (χ1n) is 11.4. The number of anilines is 1. The Morgan fingerprint density at radius 2 is 1.94 bits per heavy atom. The number of amides is 1. The van der Waals surface area contributed by atoms with Crippen molar-refractivity contribution >= 4 is 34.4 Å². The van der Waals surface area contributed by atoms with Gasteiger partial charge in [-0.25, -0.2) is 9.97 Å². The predicted octanol–water partition coefficient (Wildman–Crippen LogP) is 4.57. The van der Waals surface area contributed by atoms with Gasteiger partial charge in [0.15, 0.2) is 5.65 Å². The highest BCUT2D eigenvalue weighted by Crippen LogP contribution is 2.36. The number of aromatic nitrogens is 6. The average Bonchev–Trinajstić information content (AvgIpc) is 3.64. The number of nitrogens with zero attached hydrogens (tertiary/aromatic N) is 6. The molecule has 5 rings (SSSR count). The number of fused-ring (bicyclic) bond motifs is 1. The third-order valence-corrected chi connectivity index (χ3v) is 6.73. The smallest absolute Gasteiger partial charge is 0.263 e. The van der Waals surface area contributed by atoms with Gasteiger partial charge in [0.2, 0.25) is 11.8 Å². The molecular formula is C25H25N7O2S. The number of hydrogen-bond donors (Lipinski definition) is 1. The summed E-state index contributed by atoms with van der Waals surface area (Å²) in [6.45, 7) is 5.33. The van der Waals surface area contributed by atoms with Gasteiger partial charge in [-0.3, -0.25) is 14.8 Å². The molecule has 1 amide bonds. The summed E-state index contributed by atoms with van der Waals surface area (Å²) in [6, 6.07) is 16.2. The number of thiophene rings is 1. The summed E-state index contributed by atoms with van der Waals surface area (Å²) in [7, 11) is 1.49. The fraction of sp³-hybridized carbons (Fsp3) is 0.240. The van der Waals surface area contributed by atoms with Crippen molar-refractivity contribution in [2.24, 2.45) is 0 Å². The number of ether oxygens (including phenoxy) is 1. The zero-order valence-electron chi connectivity index (χ0n) is 19.7. The van der Waals surface area contributed by atoms with E-state index < -0.39 is 5.91 Å².